The van der Waals surface area contributed by atoms with Crippen LogP contribution >= 0.6 is 0 Å². The molecule has 7 heteroatoms. The zero-order valence-corrected chi connectivity index (χ0v) is 20.4. The average Bonchev–Trinajstić information content (AvgIpc) is 3.49. The van der Waals surface area contributed by atoms with Crippen molar-refractivity contribution in [1.82, 2.24) is 25.2 Å². The normalized spacial score (nSPS) is 15.8. The number of aromatic amines is 1. The van der Waals surface area contributed by atoms with Gasteiger partial charge in [0.05, 0.1) is 6.54 Å². The Kier molecular flexibility index (Phi) is 5.60. The third kappa shape index (κ3) is 3.86. The van der Waals surface area contributed by atoms with E-state index in [1.807, 2.05) is 41.1 Å². The van der Waals surface area contributed by atoms with Gasteiger partial charge in [-0.3, -0.25) is 4.79 Å². The van der Waals surface area contributed by atoms with Crippen molar-refractivity contribution in [3.8, 4) is 0 Å². The van der Waals surface area contributed by atoms with Gasteiger partial charge in [0.2, 0.25) is 0 Å². The van der Waals surface area contributed by atoms with Crippen molar-refractivity contribution in [2.45, 2.75) is 45.3 Å². The summed E-state index contributed by atoms with van der Waals surface area (Å²) in [5.74, 6) is 0.652. The Bertz CT molecular complexity index is 1590. The summed E-state index contributed by atoms with van der Waals surface area (Å²) in [7, 11) is 0. The molecule has 3 heterocycles. The number of para-hydroxylation sites is 1. The molecule has 0 spiro atoms. The summed E-state index contributed by atoms with van der Waals surface area (Å²) in [4.78, 5) is 19.0. The number of nitrogens with one attached hydrogen (secondary N) is 1. The lowest BCUT2D eigenvalue weighted by atomic mass is 10.0. The van der Waals surface area contributed by atoms with Gasteiger partial charge in [0.15, 0.2) is 5.82 Å². The first-order chi connectivity index (χ1) is 17.6. The van der Waals surface area contributed by atoms with Crippen LogP contribution in [0.2, 0.25) is 0 Å². The van der Waals surface area contributed by atoms with E-state index in [1.54, 1.807) is 0 Å². The lowest BCUT2D eigenvalue weighted by molar-refractivity contribution is 0.544. The van der Waals surface area contributed by atoms with Crippen LogP contribution in [0.3, 0.4) is 0 Å². The molecule has 2 atom stereocenters. The van der Waals surface area contributed by atoms with Gasteiger partial charge in [-0.05, 0) is 76.5 Å². The molecule has 0 saturated heterocycles. The summed E-state index contributed by atoms with van der Waals surface area (Å²) in [5, 5.41) is 13.9. The Balaban J connectivity index is 1.55. The van der Waals surface area contributed by atoms with Crippen molar-refractivity contribution in [2.24, 2.45) is 0 Å². The van der Waals surface area contributed by atoms with Crippen LogP contribution in [0.25, 0.3) is 10.9 Å². The van der Waals surface area contributed by atoms with E-state index in [4.69, 9.17) is 0 Å². The van der Waals surface area contributed by atoms with E-state index >= 15 is 0 Å². The first-order valence-corrected chi connectivity index (χ1v) is 12.4. The number of aromatic nitrogens is 5. The minimum absolute atomic E-state index is 0.123. The number of H-pyrrole nitrogens is 1. The fourth-order valence-corrected chi connectivity index (χ4v) is 5.37. The number of fused-ring (bicyclic) bond motifs is 2. The summed E-state index contributed by atoms with van der Waals surface area (Å²) >= 11 is 0. The van der Waals surface area contributed by atoms with Crippen molar-refractivity contribution in [3.63, 3.8) is 0 Å². The molecule has 0 unspecified atom stereocenters. The fourth-order valence-electron chi connectivity index (χ4n) is 5.37. The number of hydrogen-bond acceptors (Lipinski definition) is 5. The van der Waals surface area contributed by atoms with Crippen molar-refractivity contribution in [3.05, 3.63) is 117 Å². The standard InChI is InChI=1S/C29H28N6O/c1-3-20-13-14-25-23(16-20)17-24(29(36)30-25)27(35-19(2)15-22-11-7-8-12-26(22)35)28-31-32-33-34(28)18-21-9-5-4-6-10-21/h4-14,16-17,19,27H,3,15,18H2,1-2H3,(H,30,36)/t19-,27-/m0/s1. The molecule has 0 bridgehead atoms. The minimum atomic E-state index is -0.444. The van der Waals surface area contributed by atoms with E-state index in [2.05, 4.69) is 81.7 Å². The van der Waals surface area contributed by atoms with Crippen LogP contribution in [0.1, 0.15) is 48.0 Å². The van der Waals surface area contributed by atoms with Crippen molar-refractivity contribution in [1.29, 1.82) is 0 Å². The summed E-state index contributed by atoms with van der Waals surface area (Å²) in [6.07, 6.45) is 1.83. The highest BCUT2D eigenvalue weighted by molar-refractivity contribution is 5.80. The van der Waals surface area contributed by atoms with Gasteiger partial charge in [0.25, 0.3) is 5.56 Å². The molecular formula is C29H28N6O. The molecule has 3 aromatic carbocycles. The Morgan fingerprint density at radius 2 is 1.81 bits per heavy atom. The monoisotopic (exact) mass is 476 g/mol. The highest BCUT2D eigenvalue weighted by Gasteiger charge is 2.37. The molecule has 6 rings (SSSR count). The lowest BCUT2D eigenvalue weighted by Gasteiger charge is -2.33. The lowest BCUT2D eigenvalue weighted by Crippen LogP contribution is -2.38. The van der Waals surface area contributed by atoms with Gasteiger partial charge in [-0.25, -0.2) is 4.68 Å². The molecule has 0 amide bonds. The van der Waals surface area contributed by atoms with Gasteiger partial charge in [0.1, 0.15) is 6.04 Å². The molecule has 0 radical (unpaired) electrons. The number of rotatable bonds is 6. The zero-order valence-electron chi connectivity index (χ0n) is 20.4. The minimum Gasteiger partial charge on any atom is -0.354 e. The molecule has 36 heavy (non-hydrogen) atoms. The predicted octanol–water partition coefficient (Wildman–Crippen LogP) is 4.67. The van der Waals surface area contributed by atoms with Crippen LogP contribution in [-0.4, -0.2) is 31.2 Å². The second kappa shape index (κ2) is 9.07. The maximum Gasteiger partial charge on any atom is 0.254 e. The highest BCUT2D eigenvalue weighted by atomic mass is 16.1. The Morgan fingerprint density at radius 1 is 1.00 bits per heavy atom. The van der Waals surface area contributed by atoms with Gasteiger partial charge in [-0.1, -0.05) is 61.5 Å². The average molecular weight is 477 g/mol. The Labute approximate surface area is 209 Å². The van der Waals surface area contributed by atoms with E-state index in [1.165, 1.54) is 11.1 Å². The van der Waals surface area contributed by atoms with Gasteiger partial charge in [-0.15, -0.1) is 5.10 Å². The van der Waals surface area contributed by atoms with E-state index < -0.39 is 6.04 Å². The highest BCUT2D eigenvalue weighted by Crippen LogP contribution is 2.40. The van der Waals surface area contributed by atoms with E-state index in [0.717, 1.165) is 35.0 Å². The molecular weight excluding hydrogens is 448 g/mol. The smallest absolute Gasteiger partial charge is 0.254 e. The maximum atomic E-state index is 13.6. The summed E-state index contributed by atoms with van der Waals surface area (Å²) < 4.78 is 1.82. The van der Waals surface area contributed by atoms with Crippen LogP contribution in [0.15, 0.2) is 83.7 Å². The molecule has 1 N–H and O–H groups in total. The van der Waals surface area contributed by atoms with E-state index in [-0.39, 0.29) is 11.6 Å². The molecule has 1 aliphatic rings. The van der Waals surface area contributed by atoms with Crippen LogP contribution in [0.4, 0.5) is 5.69 Å². The number of pyridine rings is 1. The Hall–Kier alpha value is -4.26. The third-order valence-electron chi connectivity index (χ3n) is 7.16. The van der Waals surface area contributed by atoms with Gasteiger partial charge < -0.3 is 9.88 Å². The molecule has 1 aliphatic heterocycles. The summed E-state index contributed by atoms with van der Waals surface area (Å²) in [6, 6.07) is 26.5. The molecule has 180 valence electrons. The van der Waals surface area contributed by atoms with Crippen molar-refractivity contribution < 1.29 is 0 Å². The zero-order chi connectivity index (χ0) is 24.6. The van der Waals surface area contributed by atoms with Gasteiger partial charge >= 0.3 is 0 Å². The Morgan fingerprint density at radius 3 is 2.64 bits per heavy atom. The molecule has 2 aromatic heterocycles. The van der Waals surface area contributed by atoms with E-state index in [9.17, 15) is 4.79 Å². The van der Waals surface area contributed by atoms with Crippen molar-refractivity contribution in [2.75, 3.05) is 4.90 Å². The van der Waals surface area contributed by atoms with Crippen LogP contribution < -0.4 is 10.5 Å². The number of tetrazole rings is 1. The number of aryl methyl sites for hydroxylation is 1. The summed E-state index contributed by atoms with van der Waals surface area (Å²) in [6.45, 7) is 4.86. The quantitative estimate of drug-likeness (QED) is 0.385. The number of nitrogens with zero attached hydrogens (tertiary/aromatic N) is 5. The predicted molar refractivity (Wildman–Crippen MR) is 141 cm³/mol. The van der Waals surface area contributed by atoms with E-state index in [0.29, 0.717) is 17.9 Å². The second-order valence-electron chi connectivity index (χ2n) is 9.50. The second-order valence-corrected chi connectivity index (χ2v) is 9.50. The largest absolute Gasteiger partial charge is 0.354 e. The van der Waals surface area contributed by atoms with Crippen molar-refractivity contribution >= 4 is 16.6 Å². The molecule has 0 fully saturated rings. The summed E-state index contributed by atoms with van der Waals surface area (Å²) in [5.41, 5.74) is 6.06. The van der Waals surface area contributed by atoms with Crippen LogP contribution in [0.5, 0.6) is 0 Å². The molecule has 7 nitrogen and oxygen atoms in total. The first kappa shape index (κ1) is 22.2. The van der Waals surface area contributed by atoms with Gasteiger partial charge in [-0.2, -0.15) is 0 Å². The SMILES string of the molecule is CCc1ccc2[nH]c(=O)c([C@@H](c3nnnn3Cc3ccccc3)N3c4ccccc4C[C@@H]3C)cc2c1. The van der Waals surface area contributed by atoms with Gasteiger partial charge in [0, 0.05) is 22.8 Å². The number of benzene rings is 3. The molecule has 0 saturated carbocycles. The maximum absolute atomic E-state index is 13.6. The first-order valence-electron chi connectivity index (χ1n) is 12.4. The number of hydrogen-bond donors (Lipinski definition) is 1. The molecule has 5 aromatic rings. The topological polar surface area (TPSA) is 79.7 Å². The third-order valence-corrected chi connectivity index (χ3v) is 7.16. The number of anilines is 1. The fraction of sp³-hybridized carbons (Fsp3) is 0.241. The van der Waals surface area contributed by atoms with Crippen LogP contribution in [0, 0.1) is 0 Å². The van der Waals surface area contributed by atoms with Crippen LogP contribution in [-0.2, 0) is 19.4 Å². The molecule has 0 aliphatic carbocycles.